The Kier molecular flexibility index (Phi) is 11.3. The molecule has 1 saturated carbocycles. The number of nitrogens with zero attached hydrogens (tertiary/aromatic N) is 2. The number of nitrogens with two attached hydrogens (primary N) is 1. The van der Waals surface area contributed by atoms with Gasteiger partial charge in [0.05, 0.1) is 6.04 Å². The molecular formula is C32H52N6O7S2. The lowest BCUT2D eigenvalue weighted by molar-refractivity contribution is -0.145. The Bertz CT molecular complexity index is 1460. The Balaban J connectivity index is 1.83. The SMILES string of the molecule is CCCC(NC(=O)[C@@H]1[C@@H]2[C@H](CN1C(=O)[C@@H](NC(=O)N[C@H](CN(C)S(=O)(=O)c1cccs1)C(C)(C)C)C(C)(C)C)C2(C)C)C(=O)C(N)=O. The molecule has 13 nitrogen and oxygen atoms in total. The van der Waals surface area contributed by atoms with Crippen molar-refractivity contribution in [1.29, 1.82) is 0 Å². The highest BCUT2D eigenvalue weighted by molar-refractivity contribution is 7.91. The Hall–Kier alpha value is -3.04. The number of sulfonamides is 1. The highest BCUT2D eigenvalue weighted by Gasteiger charge is 2.70. The second kappa shape index (κ2) is 13.8. The van der Waals surface area contributed by atoms with E-state index in [0.29, 0.717) is 13.0 Å². The molecule has 0 bridgehead atoms. The molecule has 1 unspecified atom stereocenters. The third-order valence-corrected chi connectivity index (χ3v) is 12.7. The van der Waals surface area contributed by atoms with E-state index in [4.69, 9.17) is 5.73 Å². The first-order valence-corrected chi connectivity index (χ1v) is 18.3. The minimum Gasteiger partial charge on any atom is -0.363 e. The molecule has 0 radical (unpaired) electrons. The summed E-state index contributed by atoms with van der Waals surface area (Å²) in [6.45, 7) is 17.2. The van der Waals surface area contributed by atoms with Crippen LogP contribution in [0.15, 0.2) is 21.7 Å². The molecule has 0 spiro atoms. The van der Waals surface area contributed by atoms with E-state index in [-0.39, 0.29) is 34.4 Å². The largest absolute Gasteiger partial charge is 0.363 e. The number of thiophene rings is 1. The van der Waals surface area contributed by atoms with Gasteiger partial charge in [0, 0.05) is 26.2 Å². The van der Waals surface area contributed by atoms with Crippen LogP contribution in [0.4, 0.5) is 4.79 Å². The summed E-state index contributed by atoms with van der Waals surface area (Å²) >= 11 is 1.11. The van der Waals surface area contributed by atoms with Gasteiger partial charge in [-0.3, -0.25) is 19.2 Å². The van der Waals surface area contributed by atoms with Crippen LogP contribution in [0, 0.1) is 28.1 Å². The summed E-state index contributed by atoms with van der Waals surface area (Å²) in [5.74, 6) is -3.15. The summed E-state index contributed by atoms with van der Waals surface area (Å²) in [7, 11) is -2.31. The van der Waals surface area contributed by atoms with Crippen LogP contribution in [-0.4, -0.2) is 91.5 Å². The first kappa shape index (κ1) is 38.4. The number of hydrogen-bond donors (Lipinski definition) is 4. The number of likely N-dealkylation sites (tertiary alicyclic amines) is 1. The van der Waals surface area contributed by atoms with Crippen molar-refractivity contribution >= 4 is 50.9 Å². The molecule has 3 rings (SSSR count). The zero-order chi connectivity index (χ0) is 35.9. The minimum absolute atomic E-state index is 0.0129. The fraction of sp³-hybridized carbons (Fsp3) is 0.719. The first-order valence-electron chi connectivity index (χ1n) is 16.0. The van der Waals surface area contributed by atoms with Gasteiger partial charge < -0.3 is 26.6 Å². The average molecular weight is 697 g/mol. The molecule has 1 saturated heterocycles. The number of carbonyl (C=O) groups is 5. The van der Waals surface area contributed by atoms with Gasteiger partial charge in [-0.05, 0) is 45.9 Å². The zero-order valence-electron chi connectivity index (χ0n) is 29.2. The van der Waals surface area contributed by atoms with Gasteiger partial charge in [-0.1, -0.05) is 74.8 Å². The molecule has 5 amide bonds. The fourth-order valence-electron chi connectivity index (χ4n) is 6.40. The molecule has 2 heterocycles. The van der Waals surface area contributed by atoms with Crippen molar-refractivity contribution in [2.45, 2.75) is 104 Å². The van der Waals surface area contributed by atoms with Gasteiger partial charge in [0.15, 0.2) is 0 Å². The summed E-state index contributed by atoms with van der Waals surface area (Å²) in [4.78, 5) is 67.2. The Morgan fingerprint density at radius 3 is 2.17 bits per heavy atom. The predicted molar refractivity (Wildman–Crippen MR) is 180 cm³/mol. The van der Waals surface area contributed by atoms with Crippen LogP contribution in [0.5, 0.6) is 0 Å². The normalized spacial score (nSPS) is 22.5. The fourth-order valence-corrected chi connectivity index (χ4v) is 8.79. The number of amides is 5. The molecular weight excluding hydrogens is 645 g/mol. The summed E-state index contributed by atoms with van der Waals surface area (Å²) in [5.41, 5.74) is 3.68. The highest BCUT2D eigenvalue weighted by Crippen LogP contribution is 2.65. The van der Waals surface area contributed by atoms with Crippen LogP contribution in [0.1, 0.15) is 75.2 Å². The van der Waals surface area contributed by atoms with E-state index in [1.54, 1.807) is 32.2 Å². The number of rotatable bonds is 13. The van der Waals surface area contributed by atoms with Crippen LogP contribution >= 0.6 is 11.3 Å². The third kappa shape index (κ3) is 8.34. The first-order chi connectivity index (χ1) is 21.5. The number of carbonyl (C=O) groups excluding carboxylic acids is 5. The molecule has 1 aliphatic heterocycles. The number of urea groups is 1. The van der Waals surface area contributed by atoms with E-state index in [0.717, 1.165) is 11.3 Å². The van der Waals surface area contributed by atoms with Crippen molar-refractivity contribution in [2.75, 3.05) is 20.1 Å². The smallest absolute Gasteiger partial charge is 0.315 e. The van der Waals surface area contributed by atoms with E-state index < -0.39 is 74.6 Å². The molecule has 1 aromatic heterocycles. The number of ketones is 1. The van der Waals surface area contributed by atoms with Gasteiger partial charge in [-0.2, -0.15) is 4.31 Å². The highest BCUT2D eigenvalue weighted by atomic mass is 32.2. The summed E-state index contributed by atoms with van der Waals surface area (Å²) in [6, 6.07) is -1.15. The molecule has 6 atom stereocenters. The minimum atomic E-state index is -3.77. The van der Waals surface area contributed by atoms with Gasteiger partial charge in [-0.25, -0.2) is 13.2 Å². The summed E-state index contributed by atoms with van der Waals surface area (Å²) < 4.78 is 27.6. The maximum atomic E-state index is 14.3. The molecule has 5 N–H and O–H groups in total. The predicted octanol–water partition coefficient (Wildman–Crippen LogP) is 2.32. The number of primary amides is 1. The topological polar surface area (TPSA) is 188 Å². The lowest BCUT2D eigenvalue weighted by Crippen LogP contribution is -2.62. The number of fused-ring (bicyclic) bond motifs is 1. The van der Waals surface area contributed by atoms with Crippen molar-refractivity contribution in [2.24, 2.45) is 33.8 Å². The maximum Gasteiger partial charge on any atom is 0.315 e. The average Bonchev–Trinajstić information content (AvgIpc) is 3.41. The lowest BCUT2D eigenvalue weighted by atomic mass is 9.85. The number of piperidine rings is 1. The second-order valence-electron chi connectivity index (χ2n) is 15.5. The van der Waals surface area contributed by atoms with Crippen LogP contribution in [0.2, 0.25) is 0 Å². The van der Waals surface area contributed by atoms with E-state index in [1.165, 1.54) is 22.3 Å². The lowest BCUT2D eigenvalue weighted by Gasteiger charge is -2.39. The summed E-state index contributed by atoms with van der Waals surface area (Å²) in [5, 5.41) is 10.1. The van der Waals surface area contributed by atoms with Crippen LogP contribution in [-0.2, 0) is 29.2 Å². The Morgan fingerprint density at radius 1 is 1.06 bits per heavy atom. The van der Waals surface area contributed by atoms with Gasteiger partial charge >= 0.3 is 6.03 Å². The zero-order valence-corrected chi connectivity index (χ0v) is 30.8. The third-order valence-electron chi connectivity index (χ3n) is 9.55. The number of nitrogens with one attached hydrogen (secondary N) is 3. The van der Waals surface area contributed by atoms with Gasteiger partial charge in [-0.15, -0.1) is 11.3 Å². The molecule has 2 fully saturated rings. The van der Waals surface area contributed by atoms with Gasteiger partial charge in [0.1, 0.15) is 16.3 Å². The van der Waals surface area contributed by atoms with E-state index in [1.807, 2.05) is 41.5 Å². The second-order valence-corrected chi connectivity index (χ2v) is 18.7. The molecule has 15 heteroatoms. The van der Waals surface area contributed by atoms with E-state index >= 15 is 0 Å². The molecule has 264 valence electrons. The van der Waals surface area contributed by atoms with Gasteiger partial charge in [0.2, 0.25) is 17.6 Å². The van der Waals surface area contributed by atoms with Crippen molar-refractivity contribution < 1.29 is 32.4 Å². The molecule has 1 aliphatic carbocycles. The van der Waals surface area contributed by atoms with Gasteiger partial charge in [0.25, 0.3) is 15.9 Å². The van der Waals surface area contributed by atoms with Crippen molar-refractivity contribution in [3.05, 3.63) is 17.5 Å². The van der Waals surface area contributed by atoms with Crippen LogP contribution in [0.3, 0.4) is 0 Å². The van der Waals surface area contributed by atoms with Crippen LogP contribution in [0.25, 0.3) is 0 Å². The quantitative estimate of drug-likeness (QED) is 0.228. The van der Waals surface area contributed by atoms with E-state index in [9.17, 15) is 32.4 Å². The molecule has 47 heavy (non-hydrogen) atoms. The number of Topliss-reactive ketones (excluding diaryl/α,β-unsaturated/α-hetero) is 1. The van der Waals surface area contributed by atoms with Crippen LogP contribution < -0.4 is 21.7 Å². The number of likely N-dealkylation sites (N-methyl/N-ethyl adjacent to an activating group) is 1. The molecule has 0 aromatic carbocycles. The molecule has 2 aliphatic rings. The van der Waals surface area contributed by atoms with Crippen molar-refractivity contribution in [1.82, 2.24) is 25.2 Å². The van der Waals surface area contributed by atoms with Crippen molar-refractivity contribution in [3.8, 4) is 0 Å². The Morgan fingerprint density at radius 2 is 1.68 bits per heavy atom. The van der Waals surface area contributed by atoms with Crippen molar-refractivity contribution in [3.63, 3.8) is 0 Å². The standard InChI is InChI=1S/C32H52N6O7S2/c1-11-13-19(24(39)26(33)40)34-27(41)23-22-18(32(22,8)9)16-38(23)28(42)25(31(5,6)7)36-29(43)35-20(30(2,3)4)17-37(10)47(44,45)21-14-12-15-46-21/h12,14-15,18-20,22-23,25H,11,13,16-17H2,1-10H3,(H2,33,40)(H,34,41)(H2,35,36,43)/t18-,19?,20+,22-,23-,25+/m0/s1. The molecule has 1 aromatic rings. The monoisotopic (exact) mass is 696 g/mol. The summed E-state index contributed by atoms with van der Waals surface area (Å²) in [6.07, 6.45) is 0.738. The Labute approximate surface area is 282 Å². The maximum absolute atomic E-state index is 14.3. The number of hydrogen-bond acceptors (Lipinski definition) is 8. The van der Waals surface area contributed by atoms with E-state index in [2.05, 4.69) is 16.0 Å².